The van der Waals surface area contributed by atoms with Crippen molar-refractivity contribution in [3.63, 3.8) is 0 Å². The average molecular weight is 323 g/mol. The summed E-state index contributed by atoms with van der Waals surface area (Å²) in [5.74, 6) is 0. The van der Waals surface area contributed by atoms with Gasteiger partial charge in [0.2, 0.25) is 0 Å². The number of halogens is 1. The summed E-state index contributed by atoms with van der Waals surface area (Å²) >= 11 is 3.56. The maximum absolute atomic E-state index is 5.90. The van der Waals surface area contributed by atoms with Crippen molar-refractivity contribution in [1.29, 1.82) is 0 Å². The van der Waals surface area contributed by atoms with E-state index in [1.807, 2.05) is 30.9 Å². The van der Waals surface area contributed by atoms with E-state index in [1.165, 1.54) is 5.56 Å². The zero-order chi connectivity index (χ0) is 14.0. The van der Waals surface area contributed by atoms with Crippen LogP contribution in [0.25, 0.3) is 0 Å². The van der Waals surface area contributed by atoms with Gasteiger partial charge in [0.15, 0.2) is 0 Å². The highest BCUT2D eigenvalue weighted by Gasteiger charge is 2.16. The third-order valence-electron chi connectivity index (χ3n) is 3.11. The summed E-state index contributed by atoms with van der Waals surface area (Å²) in [6.45, 7) is 4.60. The number of nitrogens with one attached hydrogen (secondary N) is 1. The maximum Gasteiger partial charge on any atom is 0.0670 e. The number of aromatic nitrogens is 2. The molecule has 3 N–H and O–H groups in total. The fraction of sp³-hybridized carbons (Fsp3) is 0.357. The summed E-state index contributed by atoms with van der Waals surface area (Å²) in [4.78, 5) is 0. The van der Waals surface area contributed by atoms with Crippen molar-refractivity contribution in [2.45, 2.75) is 19.9 Å². The Balaban J connectivity index is 2.29. The molecule has 0 fully saturated rings. The highest BCUT2D eigenvalue weighted by atomic mass is 79.9. The molecule has 1 atom stereocenters. The quantitative estimate of drug-likeness (QED) is 0.910. The Kier molecular flexibility index (Phi) is 4.27. The van der Waals surface area contributed by atoms with Gasteiger partial charge in [-0.05, 0) is 47.5 Å². The Morgan fingerprint density at radius 2 is 2.16 bits per heavy atom. The number of hydrogen-bond donors (Lipinski definition) is 2. The van der Waals surface area contributed by atoms with Crippen molar-refractivity contribution in [2.24, 2.45) is 12.8 Å². The smallest absolute Gasteiger partial charge is 0.0670 e. The highest BCUT2D eigenvalue weighted by Crippen LogP contribution is 2.28. The maximum atomic E-state index is 5.90. The monoisotopic (exact) mass is 322 g/mol. The number of benzene rings is 1. The molecule has 1 aromatic heterocycles. The first-order valence-electron chi connectivity index (χ1n) is 6.24. The molecule has 0 saturated carbocycles. The van der Waals surface area contributed by atoms with Gasteiger partial charge in [0.05, 0.1) is 11.7 Å². The lowest BCUT2D eigenvalue weighted by atomic mass is 10.1. The van der Waals surface area contributed by atoms with E-state index in [1.54, 1.807) is 0 Å². The predicted molar refractivity (Wildman–Crippen MR) is 82.2 cm³/mol. The number of nitrogens with zero attached hydrogens (tertiary/aromatic N) is 2. The van der Waals surface area contributed by atoms with Gasteiger partial charge in [0, 0.05) is 35.5 Å². The first kappa shape index (κ1) is 14.1. The third-order valence-corrected chi connectivity index (χ3v) is 3.81. The molecule has 19 heavy (non-hydrogen) atoms. The van der Waals surface area contributed by atoms with Gasteiger partial charge in [0.25, 0.3) is 0 Å². The number of hydrogen-bond acceptors (Lipinski definition) is 3. The molecule has 0 aliphatic rings. The van der Waals surface area contributed by atoms with Crippen molar-refractivity contribution < 1.29 is 0 Å². The van der Waals surface area contributed by atoms with E-state index >= 15 is 0 Å². The summed E-state index contributed by atoms with van der Waals surface area (Å²) in [5.41, 5.74) is 10.3. The van der Waals surface area contributed by atoms with Crippen LogP contribution in [0.5, 0.6) is 0 Å². The molecule has 4 nitrogen and oxygen atoms in total. The van der Waals surface area contributed by atoms with Gasteiger partial charge in [0.1, 0.15) is 0 Å². The van der Waals surface area contributed by atoms with Crippen LogP contribution in [0.15, 0.2) is 28.9 Å². The van der Waals surface area contributed by atoms with Crippen LogP contribution in [0, 0.1) is 13.8 Å². The number of nitrogens with two attached hydrogens (primary N) is 1. The molecule has 1 aromatic carbocycles. The van der Waals surface area contributed by atoms with Gasteiger partial charge in [-0.15, -0.1) is 0 Å². The highest BCUT2D eigenvalue weighted by molar-refractivity contribution is 9.10. The second-order valence-electron chi connectivity index (χ2n) is 4.76. The molecule has 0 radical (unpaired) electrons. The minimum Gasteiger partial charge on any atom is -0.376 e. The molecule has 1 unspecified atom stereocenters. The van der Waals surface area contributed by atoms with Crippen molar-refractivity contribution in [3.8, 4) is 0 Å². The fourth-order valence-corrected chi connectivity index (χ4v) is 2.52. The van der Waals surface area contributed by atoms with E-state index in [0.29, 0.717) is 6.54 Å². The van der Waals surface area contributed by atoms with Crippen molar-refractivity contribution >= 4 is 21.6 Å². The zero-order valence-electron chi connectivity index (χ0n) is 11.4. The summed E-state index contributed by atoms with van der Waals surface area (Å²) < 4.78 is 2.86. The SMILES string of the molecule is Cc1ccc(Br)c(NC(CN)c2cn(C)nc2C)c1. The number of rotatable bonds is 4. The Bertz CT molecular complexity index is 577. The summed E-state index contributed by atoms with van der Waals surface area (Å²) in [6, 6.07) is 6.29. The van der Waals surface area contributed by atoms with Gasteiger partial charge in [-0.1, -0.05) is 6.07 Å². The van der Waals surface area contributed by atoms with E-state index < -0.39 is 0 Å². The van der Waals surface area contributed by atoms with Crippen molar-refractivity contribution in [3.05, 3.63) is 45.7 Å². The molecule has 0 aliphatic heterocycles. The van der Waals surface area contributed by atoms with Crippen LogP contribution in [0.1, 0.15) is 22.9 Å². The molecule has 0 saturated heterocycles. The summed E-state index contributed by atoms with van der Waals surface area (Å²) in [5, 5.41) is 7.85. The van der Waals surface area contributed by atoms with Gasteiger partial charge >= 0.3 is 0 Å². The van der Waals surface area contributed by atoms with E-state index in [9.17, 15) is 0 Å². The van der Waals surface area contributed by atoms with E-state index in [2.05, 4.69) is 45.4 Å². The first-order valence-corrected chi connectivity index (χ1v) is 7.03. The molecule has 1 heterocycles. The molecular formula is C14H19BrN4. The van der Waals surface area contributed by atoms with E-state index in [4.69, 9.17) is 5.73 Å². The first-order chi connectivity index (χ1) is 9.01. The molecule has 5 heteroatoms. The van der Waals surface area contributed by atoms with Gasteiger partial charge < -0.3 is 11.1 Å². The molecule has 2 aromatic rings. The van der Waals surface area contributed by atoms with Gasteiger partial charge in [-0.2, -0.15) is 5.10 Å². The topological polar surface area (TPSA) is 55.9 Å². The van der Waals surface area contributed by atoms with Crippen LogP contribution in [0.2, 0.25) is 0 Å². The fourth-order valence-electron chi connectivity index (χ4n) is 2.16. The minimum atomic E-state index is 0.0619. The largest absolute Gasteiger partial charge is 0.376 e. The molecule has 0 spiro atoms. The van der Waals surface area contributed by atoms with Crippen LogP contribution < -0.4 is 11.1 Å². The lowest BCUT2D eigenvalue weighted by molar-refractivity contribution is 0.754. The summed E-state index contributed by atoms with van der Waals surface area (Å²) in [6.07, 6.45) is 2.02. The van der Waals surface area contributed by atoms with Crippen LogP contribution in [0.4, 0.5) is 5.69 Å². The van der Waals surface area contributed by atoms with E-state index in [-0.39, 0.29) is 6.04 Å². The lowest BCUT2D eigenvalue weighted by Crippen LogP contribution is -2.21. The van der Waals surface area contributed by atoms with Crippen LogP contribution >= 0.6 is 15.9 Å². The Morgan fingerprint density at radius 1 is 1.42 bits per heavy atom. The van der Waals surface area contributed by atoms with Crippen molar-refractivity contribution in [1.82, 2.24) is 9.78 Å². The van der Waals surface area contributed by atoms with Crippen LogP contribution in [-0.4, -0.2) is 16.3 Å². The molecule has 102 valence electrons. The van der Waals surface area contributed by atoms with Crippen LogP contribution in [-0.2, 0) is 7.05 Å². The molecule has 0 aliphatic carbocycles. The summed E-state index contributed by atoms with van der Waals surface area (Å²) in [7, 11) is 1.92. The Morgan fingerprint density at radius 3 is 2.74 bits per heavy atom. The van der Waals surface area contributed by atoms with E-state index in [0.717, 1.165) is 21.4 Å². The lowest BCUT2D eigenvalue weighted by Gasteiger charge is -2.19. The van der Waals surface area contributed by atoms with Crippen LogP contribution in [0.3, 0.4) is 0 Å². The van der Waals surface area contributed by atoms with Crippen molar-refractivity contribution in [2.75, 3.05) is 11.9 Å². The molecule has 2 rings (SSSR count). The van der Waals surface area contributed by atoms with Gasteiger partial charge in [-0.25, -0.2) is 0 Å². The zero-order valence-corrected chi connectivity index (χ0v) is 13.0. The minimum absolute atomic E-state index is 0.0619. The number of aryl methyl sites for hydroxylation is 3. The molecule has 0 bridgehead atoms. The number of anilines is 1. The normalized spacial score (nSPS) is 12.5. The molecule has 0 amide bonds. The second-order valence-corrected chi connectivity index (χ2v) is 5.61. The Hall–Kier alpha value is -1.33. The standard InChI is InChI=1S/C14H19BrN4/c1-9-4-5-12(15)13(6-9)17-14(7-16)11-8-19(3)18-10(11)2/h4-6,8,14,17H,7,16H2,1-3H3. The average Bonchev–Trinajstić information content (AvgIpc) is 2.69. The molecular weight excluding hydrogens is 304 g/mol. The van der Waals surface area contributed by atoms with Gasteiger partial charge in [-0.3, -0.25) is 4.68 Å². The third kappa shape index (κ3) is 3.16. The Labute approximate surface area is 122 Å². The predicted octanol–water partition coefficient (Wildman–Crippen LogP) is 2.91. The second kappa shape index (κ2) is 5.75.